The molecule has 0 aliphatic rings. The van der Waals surface area contributed by atoms with Crippen LogP contribution in [0, 0.1) is 0 Å². The zero-order valence-electron chi connectivity index (χ0n) is 2.70. The van der Waals surface area contributed by atoms with E-state index in [4.69, 9.17) is 19.2 Å². The SMILES string of the molecule is O=P(O)(O)O.[AlH3].[LiH].[LiH].[LiH].[Ti]. The van der Waals surface area contributed by atoms with Gasteiger partial charge in [-0.3, -0.25) is 0 Å². The van der Waals surface area contributed by atoms with Crippen LogP contribution >= 0.6 is 7.82 Å². The maximum atomic E-state index is 8.88. The largest absolute Gasteiger partial charge is 0 e. The molecule has 0 heterocycles. The molecular weight excluding hydrogens is 191 g/mol. The zero-order valence-corrected chi connectivity index (χ0v) is 5.15. The van der Waals surface area contributed by atoms with Gasteiger partial charge in [-0.2, -0.15) is 0 Å². The molecule has 0 rings (SSSR count). The number of hydrogen-bond acceptors (Lipinski definition) is 1. The van der Waals surface area contributed by atoms with Crippen molar-refractivity contribution >= 4 is 81.8 Å². The minimum absolute atomic E-state index is 0. The Kier molecular flexibility index (Phi) is 68.5. The fourth-order valence-electron chi connectivity index (χ4n) is 0. The van der Waals surface area contributed by atoms with Crippen LogP contribution in [-0.2, 0) is 26.3 Å². The molecule has 0 aromatic carbocycles. The van der Waals surface area contributed by atoms with Crippen LogP contribution in [0.2, 0.25) is 0 Å². The summed E-state index contributed by atoms with van der Waals surface area (Å²) < 4.78 is 8.88. The Morgan fingerprint density at radius 1 is 0.900 bits per heavy atom. The molecule has 3 N–H and O–H groups in total. The van der Waals surface area contributed by atoms with Gasteiger partial charge in [-0.15, -0.1) is 0 Å². The van der Waals surface area contributed by atoms with Crippen molar-refractivity contribution in [3.63, 3.8) is 0 Å². The number of phosphoric acid groups is 1. The van der Waals surface area contributed by atoms with E-state index in [-0.39, 0.29) is 95.7 Å². The van der Waals surface area contributed by atoms with Gasteiger partial charge in [0.2, 0.25) is 0 Å². The van der Waals surface area contributed by atoms with E-state index in [2.05, 4.69) is 0 Å². The number of hydrogen-bond donors (Lipinski definition) is 3. The van der Waals surface area contributed by atoms with Crippen LogP contribution in [0.4, 0.5) is 0 Å². The van der Waals surface area contributed by atoms with Gasteiger partial charge in [0.1, 0.15) is 0 Å². The molecule has 4 nitrogen and oxygen atoms in total. The third kappa shape index (κ3) is 116. The molecule has 48 valence electrons. The van der Waals surface area contributed by atoms with E-state index in [1.807, 2.05) is 0 Å². The zero-order chi connectivity index (χ0) is 4.50. The summed E-state index contributed by atoms with van der Waals surface area (Å²) in [7, 11) is -4.64. The molecule has 0 aliphatic heterocycles. The monoisotopic (exact) mass is 200 g/mol. The molecule has 0 aromatic heterocycles. The smallest absolute Gasteiger partial charge is 0 e. The van der Waals surface area contributed by atoms with Crippen molar-refractivity contribution < 1.29 is 41.0 Å². The van der Waals surface area contributed by atoms with Crippen LogP contribution in [0.3, 0.4) is 0 Å². The molecule has 0 amide bonds. The summed E-state index contributed by atoms with van der Waals surface area (Å²) in [5.74, 6) is 0. The van der Waals surface area contributed by atoms with Crippen LogP contribution in [-0.4, -0.2) is 88.6 Å². The fourth-order valence-corrected chi connectivity index (χ4v) is 0. The van der Waals surface area contributed by atoms with E-state index in [0.29, 0.717) is 0 Å². The second-order valence-corrected chi connectivity index (χ2v) is 1.54. The van der Waals surface area contributed by atoms with Gasteiger partial charge in [0.25, 0.3) is 0 Å². The Bertz CT molecular complexity index is 66.6. The average Bonchev–Trinajstić information content (AvgIpc) is 0.722. The van der Waals surface area contributed by atoms with Crippen LogP contribution < -0.4 is 0 Å². The molecule has 0 aliphatic carbocycles. The quantitative estimate of drug-likeness (QED) is 0.274. The minimum Gasteiger partial charge on any atom is 0 e. The summed E-state index contributed by atoms with van der Waals surface area (Å²) in [6.07, 6.45) is 0. The molecule has 10 heavy (non-hydrogen) atoms. The first-order chi connectivity index (χ1) is 2.00. The molecule has 0 unspecified atom stereocenters. The summed E-state index contributed by atoms with van der Waals surface area (Å²) >= 11 is 0. The maximum absolute atomic E-state index is 8.88. The molecule has 0 bridgehead atoms. The third-order valence-electron chi connectivity index (χ3n) is 0. The van der Waals surface area contributed by atoms with Gasteiger partial charge >= 0.3 is 64.4 Å². The minimum atomic E-state index is -4.64. The molecular formula is H9AlLi3O4PTi. The second kappa shape index (κ2) is 18.0. The van der Waals surface area contributed by atoms with E-state index >= 15 is 0 Å². The van der Waals surface area contributed by atoms with E-state index in [9.17, 15) is 0 Å². The Morgan fingerprint density at radius 3 is 0.900 bits per heavy atom. The molecule has 10 heteroatoms. The molecule has 0 saturated heterocycles. The summed E-state index contributed by atoms with van der Waals surface area (Å²) in [6, 6.07) is 0. The van der Waals surface area contributed by atoms with Gasteiger partial charge in [-0.1, -0.05) is 0 Å². The molecule has 0 saturated carbocycles. The van der Waals surface area contributed by atoms with Crippen molar-refractivity contribution in [3.8, 4) is 0 Å². The van der Waals surface area contributed by atoms with Gasteiger partial charge in [0.05, 0.1) is 0 Å². The van der Waals surface area contributed by atoms with Crippen molar-refractivity contribution in [2.45, 2.75) is 0 Å². The van der Waals surface area contributed by atoms with Gasteiger partial charge in [0, 0.05) is 21.7 Å². The Labute approximate surface area is 121 Å². The van der Waals surface area contributed by atoms with Crippen molar-refractivity contribution in [2.75, 3.05) is 0 Å². The van der Waals surface area contributed by atoms with Gasteiger partial charge < -0.3 is 14.7 Å². The molecule has 0 spiro atoms. The van der Waals surface area contributed by atoms with Gasteiger partial charge in [-0.25, -0.2) is 4.57 Å². The molecule has 0 radical (unpaired) electrons. The van der Waals surface area contributed by atoms with Crippen molar-refractivity contribution in [2.24, 2.45) is 0 Å². The van der Waals surface area contributed by atoms with E-state index in [1.54, 1.807) is 0 Å². The summed E-state index contributed by atoms with van der Waals surface area (Å²) in [6.45, 7) is 0. The van der Waals surface area contributed by atoms with Crippen molar-refractivity contribution in [1.29, 1.82) is 0 Å². The average molecular weight is 200 g/mol. The van der Waals surface area contributed by atoms with Gasteiger partial charge in [0.15, 0.2) is 17.4 Å². The van der Waals surface area contributed by atoms with E-state index in [0.717, 1.165) is 0 Å². The number of rotatable bonds is 0. The summed E-state index contributed by atoms with van der Waals surface area (Å²) in [4.78, 5) is 21.6. The van der Waals surface area contributed by atoms with Crippen LogP contribution in [0.5, 0.6) is 0 Å². The molecule has 0 atom stereocenters. The topological polar surface area (TPSA) is 77.8 Å². The predicted octanol–water partition coefficient (Wildman–Crippen LogP) is -4.06. The first-order valence-corrected chi connectivity index (χ1v) is 2.35. The first kappa shape index (κ1) is 38.0. The molecule has 0 fully saturated rings. The Morgan fingerprint density at radius 2 is 0.900 bits per heavy atom. The Hall–Kier alpha value is 3.15. The first-order valence-electron chi connectivity index (χ1n) is 0.783. The van der Waals surface area contributed by atoms with E-state index < -0.39 is 7.82 Å². The van der Waals surface area contributed by atoms with Crippen LogP contribution in [0.15, 0.2) is 0 Å². The summed E-state index contributed by atoms with van der Waals surface area (Å²) in [5.41, 5.74) is 0. The Balaban J connectivity index is -0.00000000800. The summed E-state index contributed by atoms with van der Waals surface area (Å²) in [5, 5.41) is 0. The van der Waals surface area contributed by atoms with E-state index in [1.165, 1.54) is 0 Å². The standard InChI is InChI=1S/Al.3Li.H3O4P.Ti.6H/c;;;;1-5(2,3)4;;;;;;;/h;;;;(H3,1,2,3,4);;;;;;;. The predicted molar refractivity (Wildman–Crippen MR) is 45.6 cm³/mol. The third-order valence-corrected chi connectivity index (χ3v) is 0. The van der Waals surface area contributed by atoms with Crippen molar-refractivity contribution in [1.82, 2.24) is 0 Å². The second-order valence-electron chi connectivity index (χ2n) is 0.513. The van der Waals surface area contributed by atoms with Gasteiger partial charge in [-0.05, 0) is 0 Å². The fraction of sp³-hybridized carbons (Fsp3) is 0. The maximum Gasteiger partial charge on any atom is 0 e. The van der Waals surface area contributed by atoms with Crippen LogP contribution in [0.1, 0.15) is 0 Å². The molecule has 0 aromatic rings. The van der Waals surface area contributed by atoms with Crippen molar-refractivity contribution in [3.05, 3.63) is 0 Å². The normalized spacial score (nSPS) is 5.90. The van der Waals surface area contributed by atoms with Crippen LogP contribution in [0.25, 0.3) is 0 Å².